The van der Waals surface area contributed by atoms with Crippen LogP contribution in [0.25, 0.3) is 21.8 Å². The minimum atomic E-state index is -0.887. The lowest BCUT2D eigenvalue weighted by Gasteiger charge is -2.22. The van der Waals surface area contributed by atoms with Crippen LogP contribution in [0.3, 0.4) is 0 Å². The molecular weight excluding hydrogens is 470 g/mol. The Morgan fingerprint density at radius 2 is 1.73 bits per heavy atom. The van der Waals surface area contributed by atoms with Gasteiger partial charge in [0, 0.05) is 34.3 Å². The number of nitrogens with zero attached hydrogens (tertiary/aromatic N) is 1. The highest BCUT2D eigenvalue weighted by atomic mass is 16.5. The van der Waals surface area contributed by atoms with Gasteiger partial charge in [0.25, 0.3) is 5.91 Å². The van der Waals surface area contributed by atoms with Crippen LogP contribution in [0.5, 0.6) is 5.75 Å². The average molecular weight is 500 g/mol. The number of aromatic amines is 2. The van der Waals surface area contributed by atoms with Crippen molar-refractivity contribution in [1.82, 2.24) is 20.6 Å². The molecule has 9 heteroatoms. The van der Waals surface area contributed by atoms with E-state index in [2.05, 4.69) is 26.7 Å². The molecule has 4 N–H and O–H groups in total. The van der Waals surface area contributed by atoms with Crippen molar-refractivity contribution in [2.45, 2.75) is 38.8 Å². The molecule has 0 aliphatic carbocycles. The highest BCUT2D eigenvalue weighted by molar-refractivity contribution is 6.01. The van der Waals surface area contributed by atoms with Gasteiger partial charge in [0.15, 0.2) is 0 Å². The monoisotopic (exact) mass is 499 g/mol. The predicted octanol–water partition coefficient (Wildman–Crippen LogP) is 3.41. The minimum absolute atomic E-state index is 0.107. The van der Waals surface area contributed by atoms with Crippen molar-refractivity contribution in [2.24, 2.45) is 5.92 Å². The summed E-state index contributed by atoms with van der Waals surface area (Å²) in [6.07, 6.45) is 0.532. The molecule has 0 bridgehead atoms. The van der Waals surface area contributed by atoms with Crippen LogP contribution in [0.1, 0.15) is 36.3 Å². The maximum atomic E-state index is 13.2. The van der Waals surface area contributed by atoms with Gasteiger partial charge < -0.3 is 25.3 Å². The molecule has 2 aromatic heterocycles. The van der Waals surface area contributed by atoms with E-state index in [1.807, 2.05) is 44.2 Å². The number of benzene rings is 2. The predicted molar refractivity (Wildman–Crippen MR) is 141 cm³/mol. The highest BCUT2D eigenvalue weighted by Crippen LogP contribution is 2.26. The van der Waals surface area contributed by atoms with Crippen LogP contribution in [0, 0.1) is 17.2 Å². The molecule has 2 heterocycles. The second-order valence-corrected chi connectivity index (χ2v) is 9.36. The molecule has 0 saturated heterocycles. The van der Waals surface area contributed by atoms with E-state index in [0.717, 1.165) is 16.3 Å². The summed E-state index contributed by atoms with van der Waals surface area (Å²) in [6, 6.07) is 16.3. The number of hydrogen-bond acceptors (Lipinski definition) is 5. The van der Waals surface area contributed by atoms with E-state index in [-0.39, 0.29) is 17.9 Å². The number of ether oxygens (including phenoxy) is 1. The van der Waals surface area contributed by atoms with Crippen molar-refractivity contribution in [3.8, 4) is 11.8 Å². The van der Waals surface area contributed by atoms with Gasteiger partial charge in [-0.2, -0.15) is 5.26 Å². The van der Waals surface area contributed by atoms with Gasteiger partial charge in [-0.3, -0.25) is 14.4 Å². The summed E-state index contributed by atoms with van der Waals surface area (Å²) in [5.74, 6) is -0.158. The molecular formula is C28H29N5O4. The molecule has 190 valence electrons. The Morgan fingerprint density at radius 3 is 2.46 bits per heavy atom. The zero-order valence-electron chi connectivity index (χ0n) is 20.9. The number of methoxy groups -OCH3 is 1. The third-order valence-corrected chi connectivity index (χ3v) is 6.15. The maximum Gasteiger partial charge on any atom is 0.268 e. The van der Waals surface area contributed by atoms with E-state index in [1.54, 1.807) is 25.3 Å². The van der Waals surface area contributed by atoms with E-state index in [4.69, 9.17) is 4.74 Å². The Labute approximate surface area is 213 Å². The van der Waals surface area contributed by atoms with Crippen molar-refractivity contribution in [3.05, 3.63) is 76.2 Å². The number of carbonyl (C=O) groups excluding carboxylic acids is 2. The van der Waals surface area contributed by atoms with Gasteiger partial charge in [0.2, 0.25) is 11.5 Å². The van der Waals surface area contributed by atoms with E-state index in [9.17, 15) is 19.6 Å². The fraction of sp³-hybridized carbons (Fsp3) is 0.286. The first-order chi connectivity index (χ1) is 17.8. The quantitative estimate of drug-likeness (QED) is 0.279. The third kappa shape index (κ3) is 5.81. The van der Waals surface area contributed by atoms with Crippen molar-refractivity contribution < 1.29 is 14.3 Å². The van der Waals surface area contributed by atoms with Gasteiger partial charge in [0.1, 0.15) is 23.5 Å². The van der Waals surface area contributed by atoms with Crippen LogP contribution in [0.2, 0.25) is 0 Å². The smallest absolute Gasteiger partial charge is 0.268 e. The molecule has 2 amide bonds. The zero-order chi connectivity index (χ0) is 26.5. The summed E-state index contributed by atoms with van der Waals surface area (Å²) >= 11 is 0. The summed E-state index contributed by atoms with van der Waals surface area (Å²) in [5, 5.41) is 16.9. The van der Waals surface area contributed by atoms with Crippen LogP contribution < -0.4 is 20.9 Å². The minimum Gasteiger partial charge on any atom is -0.496 e. The third-order valence-electron chi connectivity index (χ3n) is 6.15. The molecule has 4 rings (SSSR count). The van der Waals surface area contributed by atoms with Crippen LogP contribution in [0.15, 0.2) is 59.4 Å². The number of hydrogen-bond donors (Lipinski definition) is 4. The first kappa shape index (κ1) is 25.5. The second-order valence-electron chi connectivity index (χ2n) is 9.36. The molecule has 4 aromatic rings. The van der Waals surface area contributed by atoms with Crippen LogP contribution in [-0.4, -0.2) is 41.0 Å². The lowest BCUT2D eigenvalue weighted by atomic mass is 10.00. The van der Waals surface area contributed by atoms with Gasteiger partial charge in [-0.05, 0) is 42.2 Å². The zero-order valence-corrected chi connectivity index (χ0v) is 20.9. The van der Waals surface area contributed by atoms with E-state index in [1.165, 1.54) is 6.07 Å². The summed E-state index contributed by atoms with van der Waals surface area (Å²) in [7, 11) is 1.56. The van der Waals surface area contributed by atoms with E-state index >= 15 is 0 Å². The van der Waals surface area contributed by atoms with Crippen LogP contribution in [0.4, 0.5) is 0 Å². The Balaban J connectivity index is 1.52. The standard InChI is InChI=1S/C28H29N5O4/c1-16(2)11-23(33-28(36)24-14-20-22(31-24)9-6-10-25(20)37-3)27(35)30-18(15-29)12-17-13-26(34)32-21-8-5-4-7-19(17)21/h4-10,13-14,16,18,23,31H,11-12H2,1-3H3,(H,30,35)(H,32,34)(H,33,36)/t18-,23-/m0/s1. The number of fused-ring (bicyclic) bond motifs is 2. The number of nitrogens with one attached hydrogen (secondary N) is 4. The molecule has 0 aliphatic heterocycles. The van der Waals surface area contributed by atoms with Gasteiger partial charge in [-0.15, -0.1) is 0 Å². The first-order valence-electron chi connectivity index (χ1n) is 12.1. The van der Waals surface area contributed by atoms with Gasteiger partial charge in [0.05, 0.1) is 13.2 Å². The lowest BCUT2D eigenvalue weighted by Crippen LogP contribution is -2.50. The molecule has 0 radical (unpaired) electrons. The fourth-order valence-corrected chi connectivity index (χ4v) is 4.43. The van der Waals surface area contributed by atoms with Gasteiger partial charge in [-0.25, -0.2) is 0 Å². The summed E-state index contributed by atoms with van der Waals surface area (Å²) < 4.78 is 5.36. The molecule has 37 heavy (non-hydrogen) atoms. The van der Waals surface area contributed by atoms with E-state index in [0.29, 0.717) is 28.9 Å². The number of rotatable bonds is 9. The number of H-pyrrole nitrogens is 2. The molecule has 0 unspecified atom stereocenters. The maximum absolute atomic E-state index is 13.2. The number of amides is 2. The summed E-state index contributed by atoms with van der Waals surface area (Å²) in [4.78, 5) is 44.2. The van der Waals surface area contributed by atoms with Crippen molar-refractivity contribution in [3.63, 3.8) is 0 Å². The largest absolute Gasteiger partial charge is 0.496 e. The second kappa shape index (κ2) is 11.0. The molecule has 0 fully saturated rings. The van der Waals surface area contributed by atoms with Crippen molar-refractivity contribution >= 4 is 33.6 Å². The number of pyridine rings is 1. The molecule has 9 nitrogen and oxygen atoms in total. The summed E-state index contributed by atoms with van der Waals surface area (Å²) in [6.45, 7) is 3.90. The highest BCUT2D eigenvalue weighted by Gasteiger charge is 2.26. The molecule has 0 saturated carbocycles. The number of aromatic nitrogens is 2. The number of carbonyl (C=O) groups is 2. The Bertz CT molecular complexity index is 1550. The number of para-hydroxylation sites is 1. The molecule has 0 spiro atoms. The van der Waals surface area contributed by atoms with Crippen molar-refractivity contribution in [2.75, 3.05) is 7.11 Å². The van der Waals surface area contributed by atoms with Gasteiger partial charge >= 0.3 is 0 Å². The average Bonchev–Trinajstić information content (AvgIpc) is 3.32. The van der Waals surface area contributed by atoms with Crippen molar-refractivity contribution in [1.29, 1.82) is 5.26 Å². The topological polar surface area (TPSA) is 140 Å². The van der Waals surface area contributed by atoms with Gasteiger partial charge in [-0.1, -0.05) is 38.1 Å². The lowest BCUT2D eigenvalue weighted by molar-refractivity contribution is -0.123. The first-order valence-corrected chi connectivity index (χ1v) is 12.1. The van der Waals surface area contributed by atoms with Crippen LogP contribution >= 0.6 is 0 Å². The summed E-state index contributed by atoms with van der Waals surface area (Å²) in [5.41, 5.74) is 2.07. The number of nitriles is 1. The van der Waals surface area contributed by atoms with Crippen LogP contribution in [-0.2, 0) is 11.2 Å². The Kier molecular flexibility index (Phi) is 7.58. The fourth-order valence-electron chi connectivity index (χ4n) is 4.43. The molecule has 0 aliphatic rings. The molecule has 2 aromatic carbocycles. The van der Waals surface area contributed by atoms with E-state index < -0.39 is 23.9 Å². The SMILES string of the molecule is COc1cccc2[nH]c(C(=O)N[C@@H](CC(C)C)C(=O)N[C@H](C#N)Cc3cc(=O)[nH]c4ccccc34)cc12. The molecule has 2 atom stereocenters. The normalized spacial score (nSPS) is 12.7. The Hall–Kier alpha value is -4.58. The Morgan fingerprint density at radius 1 is 1.00 bits per heavy atom.